The number of hydrogen-bond donors (Lipinski definition) is 1. The van der Waals surface area contributed by atoms with Gasteiger partial charge in [0.05, 0.1) is 18.9 Å². The van der Waals surface area contributed by atoms with Crippen molar-refractivity contribution < 1.29 is 19.1 Å². The van der Waals surface area contributed by atoms with Gasteiger partial charge in [-0.1, -0.05) is 12.1 Å². The molecule has 1 aromatic carbocycles. The standard InChI is InChI=1S/C18H20N2O4/c19-9-2-10-20-17(22)12-24-18(23)8-7-16(21)15-6-5-13-3-1-4-14(13)11-15/h5-6,11H,1-4,7-8,10,12H2,(H,20,22). The molecule has 0 saturated carbocycles. The second-order valence-corrected chi connectivity index (χ2v) is 5.68. The van der Waals surface area contributed by atoms with Crippen LogP contribution in [0.5, 0.6) is 0 Å². The molecule has 1 aromatic rings. The summed E-state index contributed by atoms with van der Waals surface area (Å²) in [5.41, 5.74) is 3.14. The molecule has 0 aromatic heterocycles. The van der Waals surface area contributed by atoms with Gasteiger partial charge in [0.15, 0.2) is 12.4 Å². The lowest BCUT2D eigenvalue weighted by Gasteiger charge is -2.06. The van der Waals surface area contributed by atoms with Crippen LogP contribution in [-0.4, -0.2) is 30.8 Å². The van der Waals surface area contributed by atoms with E-state index < -0.39 is 18.5 Å². The second kappa shape index (κ2) is 8.82. The fourth-order valence-corrected chi connectivity index (χ4v) is 2.63. The Morgan fingerprint density at radius 3 is 2.75 bits per heavy atom. The number of nitrogens with one attached hydrogen (secondary N) is 1. The summed E-state index contributed by atoms with van der Waals surface area (Å²) in [5, 5.41) is 10.8. The minimum absolute atomic E-state index is 0.0542. The van der Waals surface area contributed by atoms with Gasteiger partial charge >= 0.3 is 5.97 Å². The molecule has 0 bridgehead atoms. The second-order valence-electron chi connectivity index (χ2n) is 5.68. The fraction of sp³-hybridized carbons (Fsp3) is 0.444. The molecular formula is C18H20N2O4. The number of nitrogens with zero attached hydrogens (tertiary/aromatic N) is 1. The zero-order valence-corrected chi connectivity index (χ0v) is 13.5. The maximum Gasteiger partial charge on any atom is 0.306 e. The van der Waals surface area contributed by atoms with Crippen LogP contribution in [0.15, 0.2) is 18.2 Å². The van der Waals surface area contributed by atoms with E-state index in [2.05, 4.69) is 5.32 Å². The number of carbonyl (C=O) groups is 3. The molecule has 1 N–H and O–H groups in total. The minimum Gasteiger partial charge on any atom is -0.456 e. The van der Waals surface area contributed by atoms with E-state index in [9.17, 15) is 14.4 Å². The number of benzene rings is 1. The molecule has 6 heteroatoms. The van der Waals surface area contributed by atoms with Gasteiger partial charge < -0.3 is 10.1 Å². The maximum absolute atomic E-state index is 12.1. The predicted molar refractivity (Wildman–Crippen MR) is 86.2 cm³/mol. The third-order valence-corrected chi connectivity index (χ3v) is 3.90. The first-order valence-corrected chi connectivity index (χ1v) is 8.04. The first-order chi connectivity index (χ1) is 11.6. The van der Waals surface area contributed by atoms with E-state index in [1.165, 1.54) is 11.1 Å². The van der Waals surface area contributed by atoms with Crippen LogP contribution < -0.4 is 5.32 Å². The van der Waals surface area contributed by atoms with E-state index in [1.54, 1.807) is 6.07 Å². The number of carbonyl (C=O) groups excluding carboxylic acids is 3. The Kier molecular flexibility index (Phi) is 6.50. The summed E-state index contributed by atoms with van der Waals surface area (Å²) in [4.78, 5) is 35.1. The molecule has 1 amide bonds. The highest BCUT2D eigenvalue weighted by Gasteiger charge is 2.15. The van der Waals surface area contributed by atoms with Crippen molar-refractivity contribution in [1.29, 1.82) is 5.26 Å². The molecule has 0 fully saturated rings. The van der Waals surface area contributed by atoms with E-state index in [1.807, 2.05) is 18.2 Å². The summed E-state index contributed by atoms with van der Waals surface area (Å²) in [5.74, 6) is -1.14. The number of esters is 1. The van der Waals surface area contributed by atoms with Crippen molar-refractivity contribution in [2.45, 2.75) is 38.5 Å². The highest BCUT2D eigenvalue weighted by Crippen LogP contribution is 2.23. The lowest BCUT2D eigenvalue weighted by molar-refractivity contribution is -0.148. The molecule has 24 heavy (non-hydrogen) atoms. The van der Waals surface area contributed by atoms with Crippen LogP contribution in [0.2, 0.25) is 0 Å². The molecular weight excluding hydrogens is 308 g/mol. The summed E-state index contributed by atoms with van der Waals surface area (Å²) in [6, 6.07) is 7.60. The normalized spacial score (nSPS) is 12.1. The van der Waals surface area contributed by atoms with Crippen LogP contribution in [-0.2, 0) is 27.2 Å². The number of hydrogen-bond acceptors (Lipinski definition) is 5. The van der Waals surface area contributed by atoms with Crippen molar-refractivity contribution >= 4 is 17.7 Å². The first kappa shape index (κ1) is 17.7. The molecule has 1 aliphatic carbocycles. The zero-order chi connectivity index (χ0) is 17.4. The summed E-state index contributed by atoms with van der Waals surface area (Å²) in [6.07, 6.45) is 3.39. The van der Waals surface area contributed by atoms with E-state index in [-0.39, 0.29) is 31.6 Å². The van der Waals surface area contributed by atoms with Crippen molar-refractivity contribution in [3.63, 3.8) is 0 Å². The Balaban J connectivity index is 1.70. The van der Waals surface area contributed by atoms with Gasteiger partial charge in [-0.05, 0) is 36.5 Å². The number of aryl methyl sites for hydroxylation is 2. The Bertz CT molecular complexity index is 676. The molecule has 1 aliphatic rings. The minimum atomic E-state index is -0.583. The molecule has 0 unspecified atom stereocenters. The molecule has 0 radical (unpaired) electrons. The van der Waals surface area contributed by atoms with Crippen LogP contribution in [0.25, 0.3) is 0 Å². The van der Waals surface area contributed by atoms with E-state index in [4.69, 9.17) is 10.00 Å². The molecule has 6 nitrogen and oxygen atoms in total. The number of fused-ring (bicyclic) bond motifs is 1. The van der Waals surface area contributed by atoms with Crippen molar-refractivity contribution in [3.05, 3.63) is 34.9 Å². The molecule has 2 rings (SSSR count). The predicted octanol–water partition coefficient (Wildman–Crippen LogP) is 1.71. The lowest BCUT2D eigenvalue weighted by Crippen LogP contribution is -2.29. The largest absolute Gasteiger partial charge is 0.456 e. The van der Waals surface area contributed by atoms with Gasteiger partial charge in [-0.15, -0.1) is 0 Å². The van der Waals surface area contributed by atoms with Gasteiger partial charge in [0.1, 0.15) is 0 Å². The number of Topliss-reactive ketones (excluding diaryl/α,β-unsaturated/α-hetero) is 1. The number of ether oxygens (including phenoxy) is 1. The number of nitriles is 1. The summed E-state index contributed by atoms with van der Waals surface area (Å²) >= 11 is 0. The van der Waals surface area contributed by atoms with Crippen LogP contribution in [0.1, 0.15) is 47.2 Å². The highest BCUT2D eigenvalue weighted by atomic mass is 16.5. The zero-order valence-electron chi connectivity index (χ0n) is 13.5. The molecule has 0 heterocycles. The number of rotatable bonds is 8. The van der Waals surface area contributed by atoms with Crippen LogP contribution in [0.4, 0.5) is 0 Å². The monoisotopic (exact) mass is 328 g/mol. The Morgan fingerprint density at radius 1 is 1.17 bits per heavy atom. The average Bonchev–Trinajstić information content (AvgIpc) is 3.05. The Labute approximate surface area is 140 Å². The molecule has 0 spiro atoms. The summed E-state index contributed by atoms with van der Waals surface area (Å²) in [7, 11) is 0. The smallest absolute Gasteiger partial charge is 0.306 e. The van der Waals surface area contributed by atoms with E-state index in [0.717, 1.165) is 19.3 Å². The average molecular weight is 328 g/mol. The maximum atomic E-state index is 12.1. The molecule has 0 saturated heterocycles. The van der Waals surface area contributed by atoms with Gasteiger partial charge in [0.25, 0.3) is 5.91 Å². The summed E-state index contributed by atoms with van der Waals surface area (Å²) in [6.45, 7) is -0.166. The SMILES string of the molecule is N#CCCNC(=O)COC(=O)CCC(=O)c1ccc2c(c1)CCC2. The number of amides is 1. The van der Waals surface area contributed by atoms with Crippen molar-refractivity contribution in [3.8, 4) is 6.07 Å². The van der Waals surface area contributed by atoms with Crippen LogP contribution >= 0.6 is 0 Å². The topological polar surface area (TPSA) is 96.3 Å². The molecule has 0 atom stereocenters. The molecule has 0 aliphatic heterocycles. The van der Waals surface area contributed by atoms with Crippen molar-refractivity contribution in [1.82, 2.24) is 5.32 Å². The Morgan fingerprint density at radius 2 is 1.96 bits per heavy atom. The van der Waals surface area contributed by atoms with Crippen LogP contribution in [0, 0.1) is 11.3 Å². The quantitative estimate of drug-likeness (QED) is 0.445. The fourth-order valence-electron chi connectivity index (χ4n) is 2.63. The van der Waals surface area contributed by atoms with Gasteiger partial charge in [-0.2, -0.15) is 5.26 Å². The van der Waals surface area contributed by atoms with Gasteiger partial charge in [-0.3, -0.25) is 14.4 Å². The first-order valence-electron chi connectivity index (χ1n) is 8.04. The van der Waals surface area contributed by atoms with Crippen molar-refractivity contribution in [2.75, 3.05) is 13.2 Å². The van der Waals surface area contributed by atoms with Gasteiger partial charge in [0.2, 0.25) is 0 Å². The Hall–Kier alpha value is -2.68. The van der Waals surface area contributed by atoms with E-state index in [0.29, 0.717) is 5.56 Å². The lowest BCUT2D eigenvalue weighted by atomic mass is 10.0. The third kappa shape index (κ3) is 5.20. The van der Waals surface area contributed by atoms with Gasteiger partial charge in [-0.25, -0.2) is 0 Å². The number of ketones is 1. The van der Waals surface area contributed by atoms with Crippen molar-refractivity contribution in [2.24, 2.45) is 0 Å². The highest BCUT2D eigenvalue weighted by molar-refractivity contribution is 5.97. The van der Waals surface area contributed by atoms with Gasteiger partial charge in [0, 0.05) is 18.5 Å². The van der Waals surface area contributed by atoms with E-state index >= 15 is 0 Å². The van der Waals surface area contributed by atoms with Crippen LogP contribution in [0.3, 0.4) is 0 Å². The molecule has 126 valence electrons. The summed E-state index contributed by atoms with van der Waals surface area (Å²) < 4.78 is 4.81. The third-order valence-electron chi connectivity index (χ3n) is 3.90.